The number of nitrogens with two attached hydrogens (primary N) is 1. The van der Waals surface area contributed by atoms with Crippen LogP contribution in [0.15, 0.2) is 30.3 Å². The van der Waals surface area contributed by atoms with Crippen molar-refractivity contribution < 1.29 is 9.53 Å². The van der Waals surface area contributed by atoms with E-state index in [-0.39, 0.29) is 5.97 Å². The van der Waals surface area contributed by atoms with Crippen LogP contribution >= 0.6 is 0 Å². The van der Waals surface area contributed by atoms with Crippen LogP contribution in [0.2, 0.25) is 0 Å². The molecule has 0 fully saturated rings. The van der Waals surface area contributed by atoms with Crippen molar-refractivity contribution in [3.05, 3.63) is 35.9 Å². The Hall–Kier alpha value is -1.35. The summed E-state index contributed by atoms with van der Waals surface area (Å²) in [5, 5.41) is 0. The van der Waals surface area contributed by atoms with Crippen LogP contribution in [0.25, 0.3) is 0 Å². The molecule has 118 valence electrons. The standard InChI is InChI=1S/C18H29NO2/c1-2-3-4-5-6-7-8-12-15-21-18(20)17(19)16-13-10-9-11-14-16/h9-11,13-14,17H,2-8,12,15,19H2,1H3. The van der Waals surface area contributed by atoms with E-state index in [1.165, 1.54) is 38.5 Å². The molecule has 0 aromatic heterocycles. The molecule has 0 saturated heterocycles. The van der Waals surface area contributed by atoms with E-state index in [2.05, 4.69) is 6.92 Å². The molecule has 0 amide bonds. The highest BCUT2D eigenvalue weighted by molar-refractivity contribution is 5.77. The van der Waals surface area contributed by atoms with Gasteiger partial charge in [0.2, 0.25) is 0 Å². The molecule has 1 atom stereocenters. The normalized spacial score (nSPS) is 12.1. The van der Waals surface area contributed by atoms with Gasteiger partial charge in [-0.05, 0) is 12.0 Å². The van der Waals surface area contributed by atoms with Crippen LogP contribution in [-0.4, -0.2) is 12.6 Å². The highest BCUT2D eigenvalue weighted by Crippen LogP contribution is 2.12. The number of hydrogen-bond acceptors (Lipinski definition) is 3. The zero-order chi connectivity index (χ0) is 15.3. The Bertz CT molecular complexity index is 378. The van der Waals surface area contributed by atoms with Crippen LogP contribution in [0.5, 0.6) is 0 Å². The Morgan fingerprint density at radius 2 is 1.57 bits per heavy atom. The van der Waals surface area contributed by atoms with Gasteiger partial charge in [-0.25, -0.2) is 4.79 Å². The second kappa shape index (κ2) is 11.3. The number of benzene rings is 1. The zero-order valence-electron chi connectivity index (χ0n) is 13.2. The molecule has 0 aliphatic rings. The lowest BCUT2D eigenvalue weighted by atomic mass is 10.1. The minimum absolute atomic E-state index is 0.329. The van der Waals surface area contributed by atoms with E-state index in [0.29, 0.717) is 6.61 Å². The van der Waals surface area contributed by atoms with Crippen LogP contribution in [0.4, 0.5) is 0 Å². The summed E-state index contributed by atoms with van der Waals surface area (Å²) in [6.45, 7) is 2.71. The predicted molar refractivity (Wildman–Crippen MR) is 86.9 cm³/mol. The number of carbonyl (C=O) groups excluding carboxylic acids is 1. The van der Waals surface area contributed by atoms with E-state index in [0.717, 1.165) is 18.4 Å². The van der Waals surface area contributed by atoms with Gasteiger partial charge in [-0.2, -0.15) is 0 Å². The van der Waals surface area contributed by atoms with Gasteiger partial charge in [0, 0.05) is 0 Å². The van der Waals surface area contributed by atoms with Crippen molar-refractivity contribution in [1.82, 2.24) is 0 Å². The third kappa shape index (κ3) is 7.86. The maximum absolute atomic E-state index is 11.8. The number of carbonyl (C=O) groups is 1. The quantitative estimate of drug-likeness (QED) is 0.486. The Balaban J connectivity index is 2.03. The second-order valence-corrected chi connectivity index (χ2v) is 5.53. The molecule has 3 nitrogen and oxygen atoms in total. The van der Waals surface area contributed by atoms with E-state index in [4.69, 9.17) is 10.5 Å². The van der Waals surface area contributed by atoms with Gasteiger partial charge in [-0.3, -0.25) is 0 Å². The number of esters is 1. The number of rotatable bonds is 11. The molecule has 0 saturated carbocycles. The van der Waals surface area contributed by atoms with Crippen molar-refractivity contribution in [1.29, 1.82) is 0 Å². The summed E-state index contributed by atoms with van der Waals surface area (Å²) in [5.41, 5.74) is 6.68. The summed E-state index contributed by atoms with van der Waals surface area (Å²) in [6, 6.07) is 8.69. The Kier molecular flexibility index (Phi) is 9.55. The number of ether oxygens (including phenoxy) is 1. The van der Waals surface area contributed by atoms with Gasteiger partial charge in [0.05, 0.1) is 6.61 Å². The lowest BCUT2D eigenvalue weighted by molar-refractivity contribution is -0.145. The molecule has 0 aliphatic carbocycles. The van der Waals surface area contributed by atoms with E-state index in [1.54, 1.807) is 0 Å². The fourth-order valence-corrected chi connectivity index (χ4v) is 2.29. The van der Waals surface area contributed by atoms with Crippen LogP contribution in [0.1, 0.15) is 69.9 Å². The van der Waals surface area contributed by atoms with Gasteiger partial charge >= 0.3 is 5.97 Å². The van der Waals surface area contributed by atoms with Crippen LogP contribution < -0.4 is 5.73 Å². The van der Waals surface area contributed by atoms with Gasteiger partial charge in [0.1, 0.15) is 6.04 Å². The van der Waals surface area contributed by atoms with E-state index < -0.39 is 6.04 Å². The molecule has 21 heavy (non-hydrogen) atoms. The summed E-state index contributed by atoms with van der Waals surface area (Å²) < 4.78 is 5.24. The maximum Gasteiger partial charge on any atom is 0.327 e. The molecule has 2 N–H and O–H groups in total. The van der Waals surface area contributed by atoms with E-state index in [9.17, 15) is 4.79 Å². The molecular formula is C18H29NO2. The number of hydrogen-bond donors (Lipinski definition) is 1. The van der Waals surface area contributed by atoms with Crippen molar-refractivity contribution >= 4 is 5.97 Å². The van der Waals surface area contributed by atoms with Crippen molar-refractivity contribution in [2.45, 2.75) is 64.3 Å². The Labute approximate surface area is 128 Å². The molecule has 1 rings (SSSR count). The first kappa shape index (κ1) is 17.7. The Morgan fingerprint density at radius 1 is 1.00 bits per heavy atom. The molecule has 3 heteroatoms. The third-order valence-electron chi connectivity index (χ3n) is 3.65. The number of unbranched alkanes of at least 4 members (excludes halogenated alkanes) is 7. The average Bonchev–Trinajstić information content (AvgIpc) is 2.53. The smallest absolute Gasteiger partial charge is 0.327 e. The summed E-state index contributed by atoms with van der Waals surface area (Å²) in [4.78, 5) is 11.8. The van der Waals surface area contributed by atoms with Crippen LogP contribution in [0, 0.1) is 0 Å². The van der Waals surface area contributed by atoms with Crippen molar-refractivity contribution in [3.8, 4) is 0 Å². The molecule has 0 bridgehead atoms. The Morgan fingerprint density at radius 3 is 2.19 bits per heavy atom. The first-order valence-electron chi connectivity index (χ1n) is 8.23. The fraction of sp³-hybridized carbons (Fsp3) is 0.611. The predicted octanol–water partition coefficient (Wildman–Crippen LogP) is 4.37. The second-order valence-electron chi connectivity index (χ2n) is 5.53. The summed E-state index contributed by atoms with van der Waals surface area (Å²) >= 11 is 0. The molecule has 1 aromatic rings. The van der Waals surface area contributed by atoms with E-state index >= 15 is 0 Å². The van der Waals surface area contributed by atoms with Gasteiger partial charge in [0.25, 0.3) is 0 Å². The SMILES string of the molecule is CCCCCCCCCCOC(=O)C(N)c1ccccc1. The first-order valence-corrected chi connectivity index (χ1v) is 8.23. The average molecular weight is 291 g/mol. The summed E-state index contributed by atoms with van der Waals surface area (Å²) in [6.07, 6.45) is 9.88. The highest BCUT2D eigenvalue weighted by Gasteiger charge is 2.16. The van der Waals surface area contributed by atoms with Crippen molar-refractivity contribution in [2.75, 3.05) is 6.61 Å². The molecular weight excluding hydrogens is 262 g/mol. The molecule has 0 radical (unpaired) electrons. The highest BCUT2D eigenvalue weighted by atomic mass is 16.5. The molecule has 1 unspecified atom stereocenters. The maximum atomic E-state index is 11.8. The zero-order valence-corrected chi connectivity index (χ0v) is 13.2. The van der Waals surface area contributed by atoms with Crippen LogP contribution in [-0.2, 0) is 9.53 Å². The van der Waals surface area contributed by atoms with Gasteiger partial charge in [-0.15, -0.1) is 0 Å². The lowest BCUT2D eigenvalue weighted by Gasteiger charge is -2.11. The van der Waals surface area contributed by atoms with Crippen molar-refractivity contribution in [3.63, 3.8) is 0 Å². The summed E-state index contributed by atoms with van der Waals surface area (Å²) in [7, 11) is 0. The minimum Gasteiger partial charge on any atom is -0.464 e. The first-order chi connectivity index (χ1) is 10.3. The molecule has 0 spiro atoms. The third-order valence-corrected chi connectivity index (χ3v) is 3.65. The molecule has 0 aliphatic heterocycles. The lowest BCUT2D eigenvalue weighted by Crippen LogP contribution is -2.24. The molecule has 0 heterocycles. The van der Waals surface area contributed by atoms with E-state index in [1.807, 2.05) is 30.3 Å². The van der Waals surface area contributed by atoms with Gasteiger partial charge in [-0.1, -0.05) is 82.2 Å². The van der Waals surface area contributed by atoms with Gasteiger partial charge < -0.3 is 10.5 Å². The largest absolute Gasteiger partial charge is 0.464 e. The monoisotopic (exact) mass is 291 g/mol. The topological polar surface area (TPSA) is 52.3 Å². The summed E-state index contributed by atoms with van der Waals surface area (Å²) in [5.74, 6) is -0.329. The molecule has 1 aromatic carbocycles. The van der Waals surface area contributed by atoms with Gasteiger partial charge in [0.15, 0.2) is 0 Å². The minimum atomic E-state index is -0.666. The fourth-order valence-electron chi connectivity index (χ4n) is 2.29. The van der Waals surface area contributed by atoms with Crippen LogP contribution in [0.3, 0.4) is 0 Å². The van der Waals surface area contributed by atoms with Crippen molar-refractivity contribution in [2.24, 2.45) is 5.73 Å².